The molecule has 7 nitrogen and oxygen atoms in total. The highest BCUT2D eigenvalue weighted by Gasteiger charge is 2.51. The monoisotopic (exact) mass is 541 g/mol. The number of aliphatic carboxylic acids is 1. The molecule has 2 fully saturated rings. The second kappa shape index (κ2) is 11.9. The summed E-state index contributed by atoms with van der Waals surface area (Å²) in [7, 11) is 0. The van der Waals surface area contributed by atoms with Crippen LogP contribution in [-0.4, -0.2) is 66.2 Å². The van der Waals surface area contributed by atoms with Crippen LogP contribution < -0.4 is 10.6 Å². The average molecular weight is 542 g/mol. The van der Waals surface area contributed by atoms with E-state index < -0.39 is 17.6 Å². The standard InChI is InChI=1S/C24H27F2N3O2.C2HF3O2/c1-16(28-22(30)18-4-8-20(26)9-5-18)15-29-12-10-24(11-13-29)21(14-27-23(24)31)17-2-6-19(25)7-3-17;3-2(4,5)1(6)7/h2-9,16,21H,10-15H2,1H3,(H,27,31)(H,28,30);(H,6,7). The molecule has 3 N–H and O–H groups in total. The summed E-state index contributed by atoms with van der Waals surface area (Å²) in [6.07, 6.45) is -3.64. The molecule has 12 heteroatoms. The first-order valence-electron chi connectivity index (χ1n) is 11.9. The van der Waals surface area contributed by atoms with Gasteiger partial charge in [0.1, 0.15) is 11.6 Å². The van der Waals surface area contributed by atoms with Crippen LogP contribution in [0.5, 0.6) is 0 Å². The Bertz CT molecular complexity index is 1130. The van der Waals surface area contributed by atoms with Crippen molar-refractivity contribution in [3.63, 3.8) is 0 Å². The minimum atomic E-state index is -5.08. The number of carboxylic acids is 1. The zero-order chi connectivity index (χ0) is 28.1. The molecule has 2 aromatic rings. The predicted octanol–water partition coefficient (Wildman–Crippen LogP) is 3.71. The Balaban J connectivity index is 0.000000505. The van der Waals surface area contributed by atoms with Crippen molar-refractivity contribution in [3.05, 3.63) is 71.3 Å². The fourth-order valence-corrected chi connectivity index (χ4v) is 4.91. The van der Waals surface area contributed by atoms with Crippen molar-refractivity contribution in [2.45, 2.75) is 37.9 Å². The number of rotatable bonds is 5. The molecule has 2 aromatic carbocycles. The number of hydrogen-bond donors (Lipinski definition) is 3. The van der Waals surface area contributed by atoms with Crippen LogP contribution in [0.15, 0.2) is 48.5 Å². The number of nitrogens with zero attached hydrogens (tertiary/aromatic N) is 1. The Morgan fingerprint density at radius 1 is 1.05 bits per heavy atom. The highest BCUT2D eigenvalue weighted by molar-refractivity contribution is 5.94. The largest absolute Gasteiger partial charge is 0.490 e. The van der Waals surface area contributed by atoms with E-state index >= 15 is 0 Å². The molecule has 2 saturated heterocycles. The van der Waals surface area contributed by atoms with Gasteiger partial charge in [0, 0.05) is 30.6 Å². The zero-order valence-corrected chi connectivity index (χ0v) is 20.5. The lowest BCUT2D eigenvalue weighted by Gasteiger charge is -2.41. The second-order valence-corrected chi connectivity index (χ2v) is 9.46. The minimum Gasteiger partial charge on any atom is -0.475 e. The quantitative estimate of drug-likeness (QED) is 0.502. The van der Waals surface area contributed by atoms with E-state index in [1.807, 2.05) is 6.92 Å². The molecule has 38 heavy (non-hydrogen) atoms. The van der Waals surface area contributed by atoms with E-state index in [1.165, 1.54) is 36.4 Å². The van der Waals surface area contributed by atoms with Crippen LogP contribution in [-0.2, 0) is 9.59 Å². The predicted molar refractivity (Wildman–Crippen MR) is 127 cm³/mol. The summed E-state index contributed by atoms with van der Waals surface area (Å²) in [6, 6.07) is 11.9. The fourth-order valence-electron chi connectivity index (χ4n) is 4.91. The Morgan fingerprint density at radius 3 is 2.05 bits per heavy atom. The van der Waals surface area contributed by atoms with Gasteiger partial charge >= 0.3 is 12.1 Å². The molecule has 206 valence electrons. The van der Waals surface area contributed by atoms with Crippen LogP contribution in [0.3, 0.4) is 0 Å². The fraction of sp³-hybridized carbons (Fsp3) is 0.423. The zero-order valence-electron chi connectivity index (χ0n) is 20.5. The van der Waals surface area contributed by atoms with E-state index in [0.717, 1.165) is 31.5 Å². The molecule has 2 aliphatic heterocycles. The molecule has 2 atom stereocenters. The van der Waals surface area contributed by atoms with Crippen LogP contribution in [0.1, 0.15) is 41.6 Å². The number of carbonyl (C=O) groups is 3. The molecule has 2 unspecified atom stereocenters. The molecule has 0 aromatic heterocycles. The van der Waals surface area contributed by atoms with Crippen LogP contribution in [0, 0.1) is 17.0 Å². The lowest BCUT2D eigenvalue weighted by atomic mass is 9.68. The number of benzene rings is 2. The first kappa shape index (κ1) is 29.0. The number of hydrogen-bond acceptors (Lipinski definition) is 4. The van der Waals surface area contributed by atoms with Crippen LogP contribution >= 0.6 is 0 Å². The lowest BCUT2D eigenvalue weighted by Crippen LogP contribution is -2.49. The van der Waals surface area contributed by atoms with Gasteiger partial charge in [-0.1, -0.05) is 12.1 Å². The Labute approximate surface area is 216 Å². The first-order chi connectivity index (χ1) is 17.8. The van der Waals surface area contributed by atoms with Crippen molar-refractivity contribution in [2.24, 2.45) is 5.41 Å². The summed E-state index contributed by atoms with van der Waals surface area (Å²) in [5, 5.41) is 13.1. The van der Waals surface area contributed by atoms with Gasteiger partial charge in [-0.05, 0) is 74.8 Å². The van der Waals surface area contributed by atoms with Gasteiger partial charge in [-0.3, -0.25) is 9.59 Å². The van der Waals surface area contributed by atoms with E-state index in [4.69, 9.17) is 9.90 Å². The summed E-state index contributed by atoms with van der Waals surface area (Å²) in [5.74, 6) is -3.51. The van der Waals surface area contributed by atoms with Crippen molar-refractivity contribution < 1.29 is 41.4 Å². The lowest BCUT2D eigenvalue weighted by molar-refractivity contribution is -0.192. The van der Waals surface area contributed by atoms with Gasteiger partial charge in [0.05, 0.1) is 5.41 Å². The van der Waals surface area contributed by atoms with Crippen molar-refractivity contribution >= 4 is 17.8 Å². The molecule has 2 amide bonds. The second-order valence-electron chi connectivity index (χ2n) is 9.46. The Hall–Kier alpha value is -3.54. The SMILES string of the molecule is CC(CN1CCC2(CC1)C(=O)NCC2c1ccc(F)cc1)NC(=O)c1ccc(F)cc1.O=C(O)C(F)(F)F. The van der Waals surface area contributed by atoms with Gasteiger partial charge in [0.15, 0.2) is 0 Å². The third-order valence-corrected chi connectivity index (χ3v) is 6.87. The maximum Gasteiger partial charge on any atom is 0.490 e. The first-order valence-corrected chi connectivity index (χ1v) is 11.9. The normalized spacial score (nSPS) is 19.7. The van der Waals surface area contributed by atoms with E-state index in [-0.39, 0.29) is 35.4 Å². The number of carboxylic acid groups (broad SMARTS) is 1. The maximum absolute atomic E-state index is 13.3. The van der Waals surface area contributed by atoms with Crippen LogP contribution in [0.4, 0.5) is 22.0 Å². The van der Waals surface area contributed by atoms with Crippen LogP contribution in [0.2, 0.25) is 0 Å². The number of halogens is 5. The van der Waals surface area contributed by atoms with Gasteiger partial charge in [-0.2, -0.15) is 13.2 Å². The number of nitrogens with one attached hydrogen (secondary N) is 2. The highest BCUT2D eigenvalue weighted by atomic mass is 19.4. The number of likely N-dealkylation sites (tertiary alicyclic amines) is 1. The van der Waals surface area contributed by atoms with Gasteiger partial charge in [0.2, 0.25) is 5.91 Å². The number of amides is 2. The molecule has 2 heterocycles. The van der Waals surface area contributed by atoms with Crippen molar-refractivity contribution in [1.82, 2.24) is 15.5 Å². The van der Waals surface area contributed by atoms with E-state index in [0.29, 0.717) is 18.7 Å². The number of piperidine rings is 1. The molecule has 0 radical (unpaired) electrons. The Kier molecular flexibility index (Phi) is 9.08. The van der Waals surface area contributed by atoms with Gasteiger partial charge < -0.3 is 20.6 Å². The van der Waals surface area contributed by atoms with E-state index in [2.05, 4.69) is 15.5 Å². The molecule has 4 rings (SSSR count). The number of carbonyl (C=O) groups excluding carboxylic acids is 2. The summed E-state index contributed by atoms with van der Waals surface area (Å²) in [5.41, 5.74) is 0.957. The molecular weight excluding hydrogens is 513 g/mol. The van der Waals surface area contributed by atoms with Gasteiger partial charge in [-0.15, -0.1) is 0 Å². The molecule has 0 aliphatic carbocycles. The Morgan fingerprint density at radius 2 is 1.55 bits per heavy atom. The van der Waals surface area contributed by atoms with Gasteiger partial charge in [-0.25, -0.2) is 13.6 Å². The maximum atomic E-state index is 13.3. The van der Waals surface area contributed by atoms with Crippen molar-refractivity contribution in [3.8, 4) is 0 Å². The smallest absolute Gasteiger partial charge is 0.475 e. The number of alkyl halides is 3. The van der Waals surface area contributed by atoms with Crippen LogP contribution in [0.25, 0.3) is 0 Å². The highest BCUT2D eigenvalue weighted by Crippen LogP contribution is 2.47. The summed E-state index contributed by atoms with van der Waals surface area (Å²) >= 11 is 0. The topological polar surface area (TPSA) is 98.7 Å². The third-order valence-electron chi connectivity index (χ3n) is 6.87. The summed E-state index contributed by atoms with van der Waals surface area (Å²) in [6.45, 7) is 4.69. The van der Waals surface area contributed by atoms with E-state index in [9.17, 15) is 31.5 Å². The molecular formula is C26H28F5N3O4. The molecule has 0 bridgehead atoms. The molecule has 1 spiro atoms. The minimum absolute atomic E-state index is 0.0401. The van der Waals surface area contributed by atoms with E-state index in [1.54, 1.807) is 12.1 Å². The van der Waals surface area contributed by atoms with Crippen molar-refractivity contribution in [2.75, 3.05) is 26.2 Å². The molecule has 2 aliphatic rings. The van der Waals surface area contributed by atoms with Gasteiger partial charge in [0.25, 0.3) is 5.91 Å². The third kappa shape index (κ3) is 7.06. The summed E-state index contributed by atoms with van der Waals surface area (Å²) < 4.78 is 58.1. The summed E-state index contributed by atoms with van der Waals surface area (Å²) in [4.78, 5) is 36.3. The van der Waals surface area contributed by atoms with Crippen molar-refractivity contribution in [1.29, 1.82) is 0 Å². The molecule has 0 saturated carbocycles. The average Bonchev–Trinajstić information content (AvgIpc) is 3.16.